The molecule has 1 aromatic heterocycles. The molecule has 0 bridgehead atoms. The molecule has 8 nitrogen and oxygen atoms in total. The maximum Gasteiger partial charge on any atom is 0.253 e. The molecule has 1 aliphatic rings. The number of benzene rings is 2. The highest BCUT2D eigenvalue weighted by atomic mass is 35.5. The Hall–Kier alpha value is -4.35. The maximum atomic E-state index is 13.5. The van der Waals surface area contributed by atoms with Crippen molar-refractivity contribution in [1.82, 2.24) is 0 Å². The average Bonchev–Trinajstić information content (AvgIpc) is 3.32. The number of halogens is 1. The number of rotatable bonds is 8. The molecule has 2 N–H and O–H groups in total. The van der Waals surface area contributed by atoms with Crippen molar-refractivity contribution in [2.45, 2.75) is 59.4 Å². The van der Waals surface area contributed by atoms with Crippen molar-refractivity contribution in [3.05, 3.63) is 102 Å². The van der Waals surface area contributed by atoms with Crippen LogP contribution in [0.1, 0.15) is 78.2 Å². The number of carbonyl (C=O) groups is 1. The first-order chi connectivity index (χ1) is 20.4. The third kappa shape index (κ3) is 5.95. The third-order valence-electron chi connectivity index (χ3n) is 8.12. The van der Waals surface area contributed by atoms with E-state index in [0.29, 0.717) is 58.2 Å². The van der Waals surface area contributed by atoms with Gasteiger partial charge in [-0.1, -0.05) is 32.4 Å². The second kappa shape index (κ2) is 11.7. The van der Waals surface area contributed by atoms with Crippen molar-refractivity contribution in [2.24, 2.45) is 11.3 Å². The van der Waals surface area contributed by atoms with Gasteiger partial charge in [-0.2, -0.15) is 5.26 Å². The average molecular weight is 600 g/mol. The van der Waals surface area contributed by atoms with Crippen molar-refractivity contribution < 1.29 is 13.9 Å². The van der Waals surface area contributed by atoms with Crippen LogP contribution in [0.2, 0.25) is 5.02 Å². The molecule has 4 aromatic rings. The molecular weight excluding hydrogens is 566 g/mol. The van der Waals surface area contributed by atoms with E-state index in [0.717, 1.165) is 11.3 Å². The molecule has 3 aromatic carbocycles. The van der Waals surface area contributed by atoms with Gasteiger partial charge in [-0.25, -0.2) is 0 Å². The van der Waals surface area contributed by atoms with Crippen molar-refractivity contribution in [2.75, 3.05) is 17.7 Å². The van der Waals surface area contributed by atoms with Crippen LogP contribution in [0.5, 0.6) is 5.75 Å². The molecule has 222 valence electrons. The van der Waals surface area contributed by atoms with E-state index in [-0.39, 0.29) is 41.0 Å². The van der Waals surface area contributed by atoms with Crippen LogP contribution >= 0.6 is 11.6 Å². The standard InChI is InChI=1S/C34H34ClN3O5/c1-18-6-13-27(43-18)33(34(2,3)4)38-30-29(31(40)32(30)41)37-25-11-10-24(35)23-15-19(7-12-26(39)28(23)25)14-21-16-22(42-5)9-8-20(21)17-36/h6,8-11,13,16,19,33,37-38H,7,12,14-15H2,1-5H3/t19?,33-/m0/s1. The molecule has 1 aliphatic carbocycles. The van der Waals surface area contributed by atoms with Gasteiger partial charge in [-0.15, -0.1) is 0 Å². The molecule has 0 aliphatic heterocycles. The molecule has 0 radical (unpaired) electrons. The van der Waals surface area contributed by atoms with Gasteiger partial charge >= 0.3 is 0 Å². The summed E-state index contributed by atoms with van der Waals surface area (Å²) in [5.41, 5.74) is 1.59. The summed E-state index contributed by atoms with van der Waals surface area (Å²) in [4.78, 5) is 39.1. The predicted octanol–water partition coefficient (Wildman–Crippen LogP) is 7.04. The maximum absolute atomic E-state index is 13.5. The van der Waals surface area contributed by atoms with E-state index in [1.54, 1.807) is 31.4 Å². The second-order valence-electron chi connectivity index (χ2n) is 12.2. The van der Waals surface area contributed by atoms with E-state index in [1.165, 1.54) is 0 Å². The molecule has 0 saturated carbocycles. The van der Waals surface area contributed by atoms with Gasteiger partial charge in [0.05, 0.1) is 24.8 Å². The number of aryl methyl sites for hydroxylation is 1. The minimum Gasteiger partial charge on any atom is -0.497 e. The van der Waals surface area contributed by atoms with Gasteiger partial charge in [0.15, 0.2) is 5.78 Å². The Balaban J connectivity index is 1.46. The van der Waals surface area contributed by atoms with Gasteiger partial charge in [0, 0.05) is 22.7 Å². The minimum atomic E-state index is -0.657. The Labute approximate surface area is 255 Å². The lowest BCUT2D eigenvalue weighted by Gasteiger charge is -2.31. The summed E-state index contributed by atoms with van der Waals surface area (Å²) >= 11 is 6.67. The van der Waals surface area contributed by atoms with Crippen LogP contribution in [0, 0.1) is 29.6 Å². The van der Waals surface area contributed by atoms with Gasteiger partial charge in [0.1, 0.15) is 28.6 Å². The van der Waals surface area contributed by atoms with E-state index in [2.05, 4.69) is 16.7 Å². The fourth-order valence-electron chi connectivity index (χ4n) is 5.81. The number of hydrogen-bond donors (Lipinski definition) is 2. The van der Waals surface area contributed by atoms with Crippen LogP contribution in [0.3, 0.4) is 0 Å². The van der Waals surface area contributed by atoms with E-state index < -0.39 is 10.9 Å². The van der Waals surface area contributed by atoms with Gasteiger partial charge in [0.25, 0.3) is 10.9 Å². The molecule has 9 heteroatoms. The number of anilines is 3. The van der Waals surface area contributed by atoms with Crippen LogP contribution < -0.4 is 26.2 Å². The number of Topliss-reactive ketones (excluding diaryl/α,β-unsaturated/α-hetero) is 1. The summed E-state index contributed by atoms with van der Waals surface area (Å²) in [6.45, 7) is 7.89. The number of hydrogen-bond acceptors (Lipinski definition) is 8. The number of ketones is 1. The Morgan fingerprint density at radius 3 is 2.49 bits per heavy atom. The molecule has 0 fully saturated rings. The molecule has 43 heavy (non-hydrogen) atoms. The smallest absolute Gasteiger partial charge is 0.253 e. The van der Waals surface area contributed by atoms with Crippen molar-refractivity contribution in [3.63, 3.8) is 0 Å². The first kappa shape index (κ1) is 30.1. The van der Waals surface area contributed by atoms with Gasteiger partial charge < -0.3 is 19.8 Å². The first-order valence-electron chi connectivity index (χ1n) is 14.3. The Kier molecular flexibility index (Phi) is 8.22. The van der Waals surface area contributed by atoms with Crippen LogP contribution in [-0.4, -0.2) is 12.9 Å². The summed E-state index contributed by atoms with van der Waals surface area (Å²) in [6, 6.07) is 14.3. The number of methoxy groups -OCH3 is 1. The molecular formula is C34H34ClN3O5. The van der Waals surface area contributed by atoms with Gasteiger partial charge in [-0.3, -0.25) is 14.4 Å². The van der Waals surface area contributed by atoms with Crippen LogP contribution in [-0.2, 0) is 12.8 Å². The lowest BCUT2D eigenvalue weighted by molar-refractivity contribution is 0.0979. The molecule has 5 rings (SSSR count). The third-order valence-corrected chi connectivity index (χ3v) is 8.47. The molecule has 0 amide bonds. The predicted molar refractivity (Wildman–Crippen MR) is 168 cm³/mol. The largest absolute Gasteiger partial charge is 0.497 e. The number of nitrogens with zero attached hydrogens (tertiary/aromatic N) is 1. The number of ether oxygens (including phenoxy) is 1. The zero-order valence-corrected chi connectivity index (χ0v) is 25.6. The first-order valence-corrected chi connectivity index (χ1v) is 14.6. The molecule has 2 atom stereocenters. The van der Waals surface area contributed by atoms with Gasteiger partial charge in [0.2, 0.25) is 0 Å². The summed E-state index contributed by atoms with van der Waals surface area (Å²) in [5.74, 6) is 2.01. The van der Waals surface area contributed by atoms with Crippen LogP contribution in [0.15, 0.2) is 56.5 Å². The van der Waals surface area contributed by atoms with E-state index >= 15 is 0 Å². The van der Waals surface area contributed by atoms with Crippen molar-refractivity contribution in [3.8, 4) is 11.8 Å². The Bertz CT molecular complexity index is 1820. The quantitative estimate of drug-likeness (QED) is 0.163. The zero-order valence-electron chi connectivity index (χ0n) is 24.9. The number of carbonyl (C=O) groups excluding carboxylic acids is 1. The monoisotopic (exact) mass is 599 g/mol. The number of nitriles is 1. The summed E-state index contributed by atoms with van der Waals surface area (Å²) in [7, 11) is 1.58. The van der Waals surface area contributed by atoms with Crippen LogP contribution in [0.4, 0.5) is 17.1 Å². The Morgan fingerprint density at radius 1 is 1.09 bits per heavy atom. The highest BCUT2D eigenvalue weighted by Gasteiger charge is 2.34. The lowest BCUT2D eigenvalue weighted by Crippen LogP contribution is -2.39. The highest BCUT2D eigenvalue weighted by Crippen LogP contribution is 2.40. The SMILES string of the molecule is COc1ccc(C#N)c(CC2CCC(=O)c3c(Nc4c(N[C@@H](c5ccc(C)o5)C(C)(C)C)c(=O)c4=O)ccc(Cl)c3C2)c1. The fourth-order valence-corrected chi connectivity index (χ4v) is 6.04. The van der Waals surface area contributed by atoms with E-state index in [9.17, 15) is 19.6 Å². The second-order valence-corrected chi connectivity index (χ2v) is 12.7. The van der Waals surface area contributed by atoms with E-state index in [4.69, 9.17) is 20.8 Å². The lowest BCUT2D eigenvalue weighted by atomic mass is 9.84. The minimum absolute atomic E-state index is 0.0461. The topological polar surface area (TPSA) is 121 Å². The summed E-state index contributed by atoms with van der Waals surface area (Å²) in [5, 5.41) is 16.5. The molecule has 0 saturated heterocycles. The van der Waals surface area contributed by atoms with E-state index in [1.807, 2.05) is 45.9 Å². The number of fused-ring (bicyclic) bond motifs is 1. The molecule has 1 heterocycles. The zero-order chi connectivity index (χ0) is 31.1. The molecule has 1 unspecified atom stereocenters. The fraction of sp³-hybridized carbons (Fsp3) is 0.353. The number of furan rings is 1. The summed E-state index contributed by atoms with van der Waals surface area (Å²) in [6.07, 6.45) is 1.97. The number of nitrogens with one attached hydrogen (secondary N) is 2. The van der Waals surface area contributed by atoms with Crippen molar-refractivity contribution >= 4 is 34.4 Å². The summed E-state index contributed by atoms with van der Waals surface area (Å²) < 4.78 is 11.2. The highest BCUT2D eigenvalue weighted by molar-refractivity contribution is 6.32. The Morgan fingerprint density at radius 2 is 1.84 bits per heavy atom. The van der Waals surface area contributed by atoms with Crippen LogP contribution in [0.25, 0.3) is 0 Å². The van der Waals surface area contributed by atoms with Crippen molar-refractivity contribution in [1.29, 1.82) is 5.26 Å². The molecule has 0 spiro atoms. The van der Waals surface area contributed by atoms with Gasteiger partial charge in [-0.05, 0) is 91.1 Å². The normalized spacial score (nSPS) is 15.8.